The van der Waals surface area contributed by atoms with Crippen LogP contribution in [0.15, 0.2) is 42.6 Å². The van der Waals surface area contributed by atoms with Gasteiger partial charge in [-0.3, -0.25) is 4.79 Å². The third-order valence-electron chi connectivity index (χ3n) is 3.14. The number of amides is 1. The first-order chi connectivity index (χ1) is 9.24. The van der Waals surface area contributed by atoms with Crippen LogP contribution in [0.5, 0.6) is 0 Å². The van der Waals surface area contributed by atoms with E-state index in [2.05, 4.69) is 15.6 Å². The first-order valence-corrected chi connectivity index (χ1v) is 6.37. The van der Waals surface area contributed by atoms with Gasteiger partial charge in [0.25, 0.3) is 0 Å². The molecule has 0 radical (unpaired) electrons. The number of hydrogen-bond donors (Lipinski definition) is 2. The molecule has 0 bridgehead atoms. The van der Waals surface area contributed by atoms with Gasteiger partial charge in [-0.05, 0) is 23.8 Å². The van der Waals surface area contributed by atoms with E-state index in [-0.39, 0.29) is 11.8 Å². The molecule has 2 heterocycles. The smallest absolute Gasteiger partial charge is 0.233 e. The number of rotatable bonds is 2. The molecule has 1 aromatic carbocycles. The molecule has 1 aromatic heterocycles. The first kappa shape index (κ1) is 12.0. The Kier molecular flexibility index (Phi) is 3.09. The van der Waals surface area contributed by atoms with E-state index in [1.54, 1.807) is 18.3 Å². The van der Waals surface area contributed by atoms with E-state index < -0.39 is 0 Å². The van der Waals surface area contributed by atoms with Gasteiger partial charge in [-0.15, -0.1) is 0 Å². The summed E-state index contributed by atoms with van der Waals surface area (Å²) in [5.74, 6) is -0.220. The minimum absolute atomic E-state index is 0.0419. The Hall–Kier alpha value is -2.07. The van der Waals surface area contributed by atoms with E-state index >= 15 is 0 Å². The Morgan fingerprint density at radius 2 is 2.21 bits per heavy atom. The lowest BCUT2D eigenvalue weighted by Crippen LogP contribution is -2.22. The Labute approximate surface area is 115 Å². The number of fused-ring (bicyclic) bond motifs is 1. The van der Waals surface area contributed by atoms with Crippen molar-refractivity contribution in [2.75, 3.05) is 17.2 Å². The highest BCUT2D eigenvalue weighted by atomic mass is 35.5. The van der Waals surface area contributed by atoms with Gasteiger partial charge in [0, 0.05) is 24.1 Å². The van der Waals surface area contributed by atoms with Crippen LogP contribution in [0, 0.1) is 0 Å². The van der Waals surface area contributed by atoms with Crippen molar-refractivity contribution in [3.63, 3.8) is 0 Å². The highest BCUT2D eigenvalue weighted by Crippen LogP contribution is 2.31. The Morgan fingerprint density at radius 3 is 3.05 bits per heavy atom. The molecule has 96 valence electrons. The lowest BCUT2D eigenvalue weighted by molar-refractivity contribution is -0.117. The molecular formula is C14H12ClN3O. The predicted octanol–water partition coefficient (Wildman–Crippen LogP) is 2.88. The van der Waals surface area contributed by atoms with Crippen molar-refractivity contribution >= 4 is 28.9 Å². The van der Waals surface area contributed by atoms with Crippen LogP contribution in [-0.4, -0.2) is 17.4 Å². The number of anilines is 2. The molecule has 0 aliphatic carbocycles. The zero-order chi connectivity index (χ0) is 13.2. The highest BCUT2D eigenvalue weighted by molar-refractivity contribution is 6.29. The second-order valence-corrected chi connectivity index (χ2v) is 4.76. The van der Waals surface area contributed by atoms with Crippen molar-refractivity contribution in [3.05, 3.63) is 53.3 Å². The van der Waals surface area contributed by atoms with Crippen molar-refractivity contribution in [2.24, 2.45) is 0 Å². The molecule has 2 N–H and O–H groups in total. The normalized spacial score (nSPS) is 16.6. The number of pyridine rings is 1. The van der Waals surface area contributed by atoms with Crippen molar-refractivity contribution in [2.45, 2.75) is 5.92 Å². The molecule has 4 nitrogen and oxygen atoms in total. The van der Waals surface area contributed by atoms with Crippen molar-refractivity contribution in [3.8, 4) is 0 Å². The summed E-state index contributed by atoms with van der Waals surface area (Å²) >= 11 is 5.79. The number of hydrogen-bond acceptors (Lipinski definition) is 3. The van der Waals surface area contributed by atoms with Crippen LogP contribution >= 0.6 is 11.6 Å². The Bertz CT molecular complexity index is 630. The second kappa shape index (κ2) is 4.90. The molecule has 1 unspecified atom stereocenters. The molecular weight excluding hydrogens is 262 g/mol. The van der Waals surface area contributed by atoms with Gasteiger partial charge in [-0.2, -0.15) is 0 Å². The van der Waals surface area contributed by atoms with Gasteiger partial charge in [0.2, 0.25) is 5.91 Å². The number of benzene rings is 1. The van der Waals surface area contributed by atoms with E-state index in [9.17, 15) is 4.79 Å². The SMILES string of the molecule is O=C(Nc1ccnc(Cl)c1)C1CNc2ccccc21. The van der Waals surface area contributed by atoms with Crippen LogP contribution in [0.4, 0.5) is 11.4 Å². The molecule has 0 saturated heterocycles. The fourth-order valence-electron chi connectivity index (χ4n) is 2.23. The molecule has 5 heteroatoms. The average Bonchev–Trinajstić information content (AvgIpc) is 2.82. The zero-order valence-electron chi connectivity index (χ0n) is 10.1. The summed E-state index contributed by atoms with van der Waals surface area (Å²) in [4.78, 5) is 16.2. The lowest BCUT2D eigenvalue weighted by atomic mass is 10.0. The zero-order valence-corrected chi connectivity index (χ0v) is 10.8. The number of nitrogens with one attached hydrogen (secondary N) is 2. The molecule has 19 heavy (non-hydrogen) atoms. The fourth-order valence-corrected chi connectivity index (χ4v) is 2.40. The van der Waals surface area contributed by atoms with Crippen LogP contribution in [-0.2, 0) is 4.79 Å². The van der Waals surface area contributed by atoms with Crippen molar-refractivity contribution < 1.29 is 4.79 Å². The molecule has 0 fully saturated rings. The summed E-state index contributed by atoms with van der Waals surface area (Å²) in [6, 6.07) is 11.2. The summed E-state index contributed by atoms with van der Waals surface area (Å²) in [6.45, 7) is 0.615. The van der Waals surface area contributed by atoms with E-state index in [1.807, 2.05) is 24.3 Å². The van der Waals surface area contributed by atoms with E-state index in [1.165, 1.54) is 0 Å². The molecule has 1 aliphatic heterocycles. The van der Waals surface area contributed by atoms with Crippen LogP contribution in [0.25, 0.3) is 0 Å². The van der Waals surface area contributed by atoms with Crippen LogP contribution in [0.2, 0.25) is 5.15 Å². The number of carbonyl (C=O) groups excluding carboxylic acids is 1. The summed E-state index contributed by atoms with van der Waals surface area (Å²) in [5.41, 5.74) is 2.71. The van der Waals surface area contributed by atoms with Gasteiger partial charge in [-0.25, -0.2) is 4.98 Å². The van der Waals surface area contributed by atoms with Gasteiger partial charge in [-0.1, -0.05) is 29.8 Å². The number of aromatic nitrogens is 1. The van der Waals surface area contributed by atoms with Crippen LogP contribution in [0.1, 0.15) is 11.5 Å². The van der Waals surface area contributed by atoms with Gasteiger partial charge in [0.1, 0.15) is 5.15 Å². The van der Waals surface area contributed by atoms with E-state index in [0.29, 0.717) is 17.4 Å². The maximum atomic E-state index is 12.3. The second-order valence-electron chi connectivity index (χ2n) is 4.38. The largest absolute Gasteiger partial charge is 0.384 e. The van der Waals surface area contributed by atoms with E-state index in [0.717, 1.165) is 11.3 Å². The number of nitrogens with zero attached hydrogens (tertiary/aromatic N) is 1. The van der Waals surface area contributed by atoms with Crippen LogP contribution in [0.3, 0.4) is 0 Å². The summed E-state index contributed by atoms with van der Waals surface area (Å²) in [5, 5.41) is 6.45. The standard InChI is InChI=1S/C14H12ClN3O/c15-13-7-9(5-6-16-13)18-14(19)11-8-17-12-4-2-1-3-10(11)12/h1-7,11,17H,8H2,(H,16,18,19). The van der Waals surface area contributed by atoms with Gasteiger partial charge in [0.15, 0.2) is 0 Å². The molecule has 1 amide bonds. The Balaban J connectivity index is 1.79. The molecule has 1 aliphatic rings. The Morgan fingerprint density at radius 1 is 1.37 bits per heavy atom. The topological polar surface area (TPSA) is 54.0 Å². The third kappa shape index (κ3) is 2.39. The minimum atomic E-state index is -0.178. The molecule has 1 atom stereocenters. The molecule has 3 rings (SSSR count). The predicted molar refractivity (Wildman–Crippen MR) is 75.5 cm³/mol. The summed E-state index contributed by atoms with van der Waals surface area (Å²) in [6.07, 6.45) is 1.57. The number of carbonyl (C=O) groups is 1. The summed E-state index contributed by atoms with van der Waals surface area (Å²) < 4.78 is 0. The maximum absolute atomic E-state index is 12.3. The summed E-state index contributed by atoms with van der Waals surface area (Å²) in [7, 11) is 0. The van der Waals surface area contributed by atoms with Gasteiger partial charge < -0.3 is 10.6 Å². The third-order valence-corrected chi connectivity index (χ3v) is 3.35. The quantitative estimate of drug-likeness (QED) is 0.827. The lowest BCUT2D eigenvalue weighted by Gasteiger charge is -2.11. The molecule has 0 saturated carbocycles. The first-order valence-electron chi connectivity index (χ1n) is 5.99. The fraction of sp³-hybridized carbons (Fsp3) is 0.143. The van der Waals surface area contributed by atoms with Crippen molar-refractivity contribution in [1.29, 1.82) is 0 Å². The van der Waals surface area contributed by atoms with Crippen LogP contribution < -0.4 is 10.6 Å². The van der Waals surface area contributed by atoms with Crippen molar-refractivity contribution in [1.82, 2.24) is 4.98 Å². The maximum Gasteiger partial charge on any atom is 0.233 e. The minimum Gasteiger partial charge on any atom is -0.384 e. The monoisotopic (exact) mass is 273 g/mol. The van der Waals surface area contributed by atoms with E-state index in [4.69, 9.17) is 11.6 Å². The molecule has 2 aromatic rings. The average molecular weight is 274 g/mol. The highest BCUT2D eigenvalue weighted by Gasteiger charge is 2.28. The van der Waals surface area contributed by atoms with Gasteiger partial charge in [0.05, 0.1) is 5.92 Å². The number of halogens is 1. The van der Waals surface area contributed by atoms with Gasteiger partial charge >= 0.3 is 0 Å². The molecule has 0 spiro atoms. The number of para-hydroxylation sites is 1.